The van der Waals surface area contributed by atoms with Crippen LogP contribution in [0.2, 0.25) is 5.02 Å². The largest absolute Gasteiger partial charge is 0.348 e. The normalized spacial score (nSPS) is 13.2. The number of nitrogens with zero attached hydrogens (tertiary/aromatic N) is 1. The maximum absolute atomic E-state index is 12.1. The van der Waals surface area contributed by atoms with Crippen molar-refractivity contribution in [1.82, 2.24) is 4.90 Å². The number of carbonyl (C=O) groups excluding carboxylic acids is 1. The molecule has 1 rings (SSSR count). The average molecular weight is 276 g/mol. The summed E-state index contributed by atoms with van der Waals surface area (Å²) in [5, 5.41) is -0.786. The molecule has 0 heterocycles. The lowest BCUT2D eigenvalue weighted by atomic mass is 10.4. The van der Waals surface area contributed by atoms with Gasteiger partial charge >= 0.3 is 0 Å². The molecule has 0 saturated heterocycles. The van der Waals surface area contributed by atoms with Gasteiger partial charge in [0.25, 0.3) is 0 Å². The van der Waals surface area contributed by atoms with E-state index >= 15 is 0 Å². The van der Waals surface area contributed by atoms with Gasteiger partial charge in [-0.25, -0.2) is 8.42 Å². The summed E-state index contributed by atoms with van der Waals surface area (Å²) in [5.74, 6) is -0.454. The lowest BCUT2D eigenvalue weighted by Crippen LogP contribution is -2.37. The highest BCUT2D eigenvalue weighted by atomic mass is 35.5. The molecule has 0 aliphatic carbocycles. The Balaban J connectivity index is 3.16. The first kappa shape index (κ1) is 14.0. The second-order valence-corrected chi connectivity index (χ2v) is 6.58. The molecule has 0 saturated carbocycles. The van der Waals surface area contributed by atoms with Crippen molar-refractivity contribution in [2.24, 2.45) is 0 Å². The Labute approximate surface area is 106 Å². The summed E-state index contributed by atoms with van der Waals surface area (Å²) in [7, 11) is -0.641. The number of amides is 1. The Morgan fingerprint density at radius 3 is 2.41 bits per heavy atom. The van der Waals surface area contributed by atoms with Crippen LogP contribution in [0.4, 0.5) is 0 Å². The molecule has 0 N–H and O–H groups in total. The summed E-state index contributed by atoms with van der Waals surface area (Å²) in [6.07, 6.45) is 0. The molecule has 0 bridgehead atoms. The minimum atomic E-state index is -3.68. The monoisotopic (exact) mass is 275 g/mol. The Kier molecular flexibility index (Phi) is 4.16. The van der Waals surface area contributed by atoms with Crippen molar-refractivity contribution in [3.63, 3.8) is 0 Å². The second-order valence-electron chi connectivity index (χ2n) is 3.88. The van der Waals surface area contributed by atoms with Crippen molar-refractivity contribution in [2.75, 3.05) is 14.1 Å². The molecule has 1 unspecified atom stereocenters. The van der Waals surface area contributed by atoms with Gasteiger partial charge in [0, 0.05) is 19.1 Å². The molecule has 1 aromatic rings. The van der Waals surface area contributed by atoms with Crippen LogP contribution in [0, 0.1) is 0 Å². The molecular weight excluding hydrogens is 262 g/mol. The second kappa shape index (κ2) is 5.06. The molecule has 0 aliphatic rings. The number of carbonyl (C=O) groups is 1. The van der Waals surface area contributed by atoms with E-state index < -0.39 is 21.0 Å². The molecular formula is C11H14ClNO3S. The molecule has 17 heavy (non-hydrogen) atoms. The summed E-state index contributed by atoms with van der Waals surface area (Å²) < 4.78 is 24.2. The van der Waals surface area contributed by atoms with Crippen LogP contribution in [0.15, 0.2) is 29.2 Å². The van der Waals surface area contributed by atoms with Gasteiger partial charge in [0.2, 0.25) is 5.91 Å². The summed E-state index contributed by atoms with van der Waals surface area (Å²) in [6.45, 7) is 1.37. The topological polar surface area (TPSA) is 54.5 Å². The molecule has 94 valence electrons. The van der Waals surface area contributed by atoms with Gasteiger partial charge in [-0.1, -0.05) is 17.7 Å². The average Bonchev–Trinajstić information content (AvgIpc) is 2.26. The maximum Gasteiger partial charge on any atom is 0.240 e. The van der Waals surface area contributed by atoms with Crippen molar-refractivity contribution in [1.29, 1.82) is 0 Å². The SMILES string of the molecule is CC(C(=O)N(C)C)S(=O)(=O)c1cccc(Cl)c1. The van der Waals surface area contributed by atoms with Gasteiger partial charge in [-0.05, 0) is 25.1 Å². The molecule has 0 fully saturated rings. The predicted octanol–water partition coefficient (Wildman–Crippen LogP) is 1.59. The molecule has 0 aromatic heterocycles. The lowest BCUT2D eigenvalue weighted by molar-refractivity contribution is -0.127. The molecule has 0 radical (unpaired) electrons. The van der Waals surface area contributed by atoms with Crippen molar-refractivity contribution in [2.45, 2.75) is 17.1 Å². The van der Waals surface area contributed by atoms with E-state index in [4.69, 9.17) is 11.6 Å². The summed E-state index contributed by atoms with van der Waals surface area (Å²) >= 11 is 5.74. The summed E-state index contributed by atoms with van der Waals surface area (Å²) in [4.78, 5) is 13.0. The smallest absolute Gasteiger partial charge is 0.240 e. The van der Waals surface area contributed by atoms with Crippen LogP contribution in [-0.2, 0) is 14.6 Å². The molecule has 4 nitrogen and oxygen atoms in total. The van der Waals surface area contributed by atoms with Crippen LogP contribution in [0.5, 0.6) is 0 Å². The highest BCUT2D eigenvalue weighted by Crippen LogP contribution is 2.20. The Hall–Kier alpha value is -1.07. The van der Waals surface area contributed by atoms with Gasteiger partial charge in [-0.15, -0.1) is 0 Å². The zero-order valence-corrected chi connectivity index (χ0v) is 11.4. The third-order valence-electron chi connectivity index (χ3n) is 2.38. The van der Waals surface area contributed by atoms with Gasteiger partial charge in [-0.2, -0.15) is 0 Å². The fraction of sp³-hybridized carbons (Fsp3) is 0.364. The van der Waals surface area contributed by atoms with Crippen LogP contribution in [-0.4, -0.2) is 38.6 Å². The van der Waals surface area contributed by atoms with Gasteiger partial charge in [0.15, 0.2) is 9.84 Å². The number of hydrogen-bond donors (Lipinski definition) is 0. The molecule has 0 aliphatic heterocycles. The summed E-state index contributed by atoms with van der Waals surface area (Å²) in [6, 6.07) is 5.90. The van der Waals surface area contributed by atoms with Crippen LogP contribution in [0.1, 0.15) is 6.92 Å². The number of rotatable bonds is 3. The van der Waals surface area contributed by atoms with Crippen molar-refractivity contribution in [3.05, 3.63) is 29.3 Å². The van der Waals surface area contributed by atoms with E-state index in [1.165, 1.54) is 38.1 Å². The fourth-order valence-electron chi connectivity index (χ4n) is 1.34. The molecule has 6 heteroatoms. The van der Waals surface area contributed by atoms with E-state index in [-0.39, 0.29) is 4.90 Å². The quantitative estimate of drug-likeness (QED) is 0.842. The van der Waals surface area contributed by atoms with Crippen molar-refractivity contribution >= 4 is 27.3 Å². The van der Waals surface area contributed by atoms with Gasteiger partial charge in [0.1, 0.15) is 5.25 Å². The van der Waals surface area contributed by atoms with Crippen LogP contribution in [0.25, 0.3) is 0 Å². The van der Waals surface area contributed by atoms with Gasteiger partial charge in [0.05, 0.1) is 4.90 Å². The predicted molar refractivity (Wildman–Crippen MR) is 66.8 cm³/mol. The molecule has 1 aromatic carbocycles. The van der Waals surface area contributed by atoms with E-state index in [2.05, 4.69) is 0 Å². The number of halogens is 1. The van der Waals surface area contributed by atoms with E-state index in [1.54, 1.807) is 12.1 Å². The van der Waals surface area contributed by atoms with Crippen molar-refractivity contribution in [3.8, 4) is 0 Å². The third-order valence-corrected chi connectivity index (χ3v) is 4.66. The summed E-state index contributed by atoms with van der Waals surface area (Å²) in [5.41, 5.74) is 0. The van der Waals surface area contributed by atoms with E-state index in [9.17, 15) is 13.2 Å². The lowest BCUT2D eigenvalue weighted by Gasteiger charge is -2.17. The standard InChI is InChI=1S/C11H14ClNO3S/c1-8(11(14)13(2)3)17(15,16)10-6-4-5-9(12)7-10/h4-8H,1-3H3. The zero-order valence-electron chi connectivity index (χ0n) is 9.84. The van der Waals surface area contributed by atoms with E-state index in [0.29, 0.717) is 5.02 Å². The van der Waals surface area contributed by atoms with Gasteiger partial charge < -0.3 is 4.90 Å². The Morgan fingerprint density at radius 2 is 1.94 bits per heavy atom. The Morgan fingerprint density at radius 1 is 1.35 bits per heavy atom. The zero-order chi connectivity index (χ0) is 13.2. The van der Waals surface area contributed by atoms with E-state index in [1.807, 2.05) is 0 Å². The first-order chi connectivity index (χ1) is 7.76. The first-order valence-electron chi connectivity index (χ1n) is 4.97. The van der Waals surface area contributed by atoms with Crippen LogP contribution < -0.4 is 0 Å². The Bertz CT molecular complexity index is 525. The third kappa shape index (κ3) is 2.98. The molecule has 0 spiro atoms. The van der Waals surface area contributed by atoms with Crippen LogP contribution in [0.3, 0.4) is 0 Å². The van der Waals surface area contributed by atoms with E-state index in [0.717, 1.165) is 0 Å². The minimum Gasteiger partial charge on any atom is -0.348 e. The highest BCUT2D eigenvalue weighted by molar-refractivity contribution is 7.92. The number of benzene rings is 1. The first-order valence-corrected chi connectivity index (χ1v) is 6.90. The van der Waals surface area contributed by atoms with Crippen molar-refractivity contribution < 1.29 is 13.2 Å². The maximum atomic E-state index is 12.1. The highest BCUT2D eigenvalue weighted by Gasteiger charge is 2.30. The minimum absolute atomic E-state index is 0.0627. The van der Waals surface area contributed by atoms with Gasteiger partial charge in [-0.3, -0.25) is 4.79 Å². The number of sulfone groups is 1. The molecule has 1 atom stereocenters. The molecule has 1 amide bonds. The fourth-order valence-corrected chi connectivity index (χ4v) is 3.04. The van der Waals surface area contributed by atoms with Crippen LogP contribution >= 0.6 is 11.6 Å². The number of hydrogen-bond acceptors (Lipinski definition) is 3.